The summed E-state index contributed by atoms with van der Waals surface area (Å²) in [5.41, 5.74) is 2.33. The third-order valence-electron chi connectivity index (χ3n) is 5.13. The first-order valence-corrected chi connectivity index (χ1v) is 11.3. The summed E-state index contributed by atoms with van der Waals surface area (Å²) in [6.07, 6.45) is 4.56. The van der Waals surface area contributed by atoms with Gasteiger partial charge in [-0.05, 0) is 55.5 Å². The second-order valence-corrected chi connectivity index (χ2v) is 9.29. The van der Waals surface area contributed by atoms with E-state index in [2.05, 4.69) is 15.6 Å². The van der Waals surface area contributed by atoms with Crippen LogP contribution in [-0.4, -0.2) is 48.7 Å². The van der Waals surface area contributed by atoms with Gasteiger partial charge in [-0.2, -0.15) is 4.31 Å². The third-order valence-corrected chi connectivity index (χ3v) is 7.23. The number of amides is 2. The van der Waals surface area contributed by atoms with E-state index in [-0.39, 0.29) is 24.0 Å². The summed E-state index contributed by atoms with van der Waals surface area (Å²) in [6, 6.07) is 8.49. The van der Waals surface area contributed by atoms with Gasteiger partial charge in [0.05, 0.1) is 4.90 Å². The van der Waals surface area contributed by atoms with E-state index < -0.39 is 21.8 Å². The Morgan fingerprint density at radius 3 is 2.67 bits per heavy atom. The van der Waals surface area contributed by atoms with Crippen molar-refractivity contribution in [1.82, 2.24) is 19.9 Å². The topological polar surface area (TPSA) is 108 Å². The molecule has 30 heavy (non-hydrogen) atoms. The minimum atomic E-state index is -3.68. The quantitative estimate of drug-likeness (QED) is 0.671. The van der Waals surface area contributed by atoms with Crippen LogP contribution >= 0.6 is 0 Å². The van der Waals surface area contributed by atoms with Crippen LogP contribution in [0.25, 0.3) is 0 Å². The number of benzene rings is 1. The lowest BCUT2D eigenvalue weighted by molar-refractivity contribution is -0.139. The molecule has 2 amide bonds. The molecule has 1 aliphatic heterocycles. The van der Waals surface area contributed by atoms with Gasteiger partial charge in [-0.1, -0.05) is 18.2 Å². The summed E-state index contributed by atoms with van der Waals surface area (Å²) in [7, 11) is -3.68. The summed E-state index contributed by atoms with van der Waals surface area (Å²) in [5.74, 6) is -1.55. The molecular weight excluding hydrogens is 404 g/mol. The van der Waals surface area contributed by atoms with Crippen molar-refractivity contribution in [2.24, 2.45) is 0 Å². The van der Waals surface area contributed by atoms with E-state index in [0.717, 1.165) is 11.1 Å². The summed E-state index contributed by atoms with van der Waals surface area (Å²) in [5, 5.41) is 5.10. The Bertz CT molecular complexity index is 1020. The van der Waals surface area contributed by atoms with E-state index in [1.165, 1.54) is 4.31 Å². The maximum atomic E-state index is 13.2. The average molecular weight is 431 g/mol. The van der Waals surface area contributed by atoms with Gasteiger partial charge in [0.25, 0.3) is 0 Å². The van der Waals surface area contributed by atoms with Crippen LogP contribution in [-0.2, 0) is 26.2 Å². The molecule has 9 heteroatoms. The van der Waals surface area contributed by atoms with E-state index in [4.69, 9.17) is 0 Å². The van der Waals surface area contributed by atoms with E-state index in [1.807, 2.05) is 13.0 Å². The lowest BCUT2D eigenvalue weighted by Crippen LogP contribution is -2.46. The summed E-state index contributed by atoms with van der Waals surface area (Å²) in [6.45, 7) is 4.29. The Balaban J connectivity index is 1.60. The van der Waals surface area contributed by atoms with E-state index in [1.54, 1.807) is 43.6 Å². The maximum Gasteiger partial charge on any atom is 0.309 e. The second kappa shape index (κ2) is 9.36. The van der Waals surface area contributed by atoms with Crippen LogP contribution in [0.15, 0.2) is 47.6 Å². The minimum Gasteiger partial charge on any atom is -0.346 e. The van der Waals surface area contributed by atoms with Crippen LogP contribution in [0.3, 0.4) is 0 Å². The van der Waals surface area contributed by atoms with Crippen LogP contribution in [0.2, 0.25) is 0 Å². The lowest BCUT2D eigenvalue weighted by Gasteiger charge is -2.25. The molecule has 1 aromatic heterocycles. The SMILES string of the molecule is Cc1ccc(C)c(S(=O)(=O)N2CCCC2CNC(=O)C(=O)NCc2cccnc2)c1. The number of carbonyl (C=O) groups is 2. The number of rotatable bonds is 6. The van der Waals surface area contributed by atoms with Crippen molar-refractivity contribution in [2.75, 3.05) is 13.1 Å². The molecule has 1 saturated heterocycles. The average Bonchev–Trinajstić information content (AvgIpc) is 3.22. The smallest absolute Gasteiger partial charge is 0.309 e. The van der Waals surface area contributed by atoms with Crippen molar-refractivity contribution in [3.05, 3.63) is 59.4 Å². The zero-order chi connectivity index (χ0) is 21.7. The molecule has 1 unspecified atom stereocenters. The van der Waals surface area contributed by atoms with Crippen molar-refractivity contribution in [3.8, 4) is 0 Å². The standard InChI is InChI=1S/C21H26N4O4S/c1-15-7-8-16(2)19(11-15)30(28,29)25-10-4-6-18(25)14-24-21(27)20(26)23-13-17-5-3-9-22-12-17/h3,5,7-9,11-12,18H,4,6,10,13-14H2,1-2H3,(H,23,26)(H,24,27). The molecule has 0 bridgehead atoms. The zero-order valence-electron chi connectivity index (χ0n) is 17.1. The van der Waals surface area contributed by atoms with Gasteiger partial charge in [0, 0.05) is 38.1 Å². The van der Waals surface area contributed by atoms with Crippen LogP contribution in [0.4, 0.5) is 0 Å². The molecule has 1 fully saturated rings. The maximum absolute atomic E-state index is 13.2. The number of nitrogens with zero attached hydrogens (tertiary/aromatic N) is 2. The van der Waals surface area contributed by atoms with Crippen LogP contribution < -0.4 is 10.6 Å². The van der Waals surface area contributed by atoms with Crippen molar-refractivity contribution < 1.29 is 18.0 Å². The van der Waals surface area contributed by atoms with Gasteiger partial charge < -0.3 is 10.6 Å². The fourth-order valence-corrected chi connectivity index (χ4v) is 5.50. The highest BCUT2D eigenvalue weighted by atomic mass is 32.2. The monoisotopic (exact) mass is 430 g/mol. The predicted molar refractivity (Wildman–Crippen MR) is 112 cm³/mol. The molecule has 1 aromatic carbocycles. The van der Waals surface area contributed by atoms with Crippen LogP contribution in [0.1, 0.15) is 29.5 Å². The van der Waals surface area contributed by atoms with Gasteiger partial charge in [-0.3, -0.25) is 14.6 Å². The van der Waals surface area contributed by atoms with Crippen molar-refractivity contribution >= 4 is 21.8 Å². The normalized spacial score (nSPS) is 16.9. The highest BCUT2D eigenvalue weighted by molar-refractivity contribution is 7.89. The Kier molecular flexibility index (Phi) is 6.84. The Morgan fingerprint density at radius 2 is 1.93 bits per heavy atom. The van der Waals surface area contributed by atoms with Gasteiger partial charge in [0.15, 0.2) is 0 Å². The number of hydrogen-bond acceptors (Lipinski definition) is 5. The molecule has 0 spiro atoms. The molecule has 2 N–H and O–H groups in total. The molecule has 2 aromatic rings. The first kappa shape index (κ1) is 21.9. The van der Waals surface area contributed by atoms with E-state index in [9.17, 15) is 18.0 Å². The number of hydrogen-bond donors (Lipinski definition) is 2. The predicted octanol–water partition coefficient (Wildman–Crippen LogP) is 1.28. The number of nitrogens with one attached hydrogen (secondary N) is 2. The summed E-state index contributed by atoms with van der Waals surface area (Å²) >= 11 is 0. The Labute approximate surface area is 176 Å². The fourth-order valence-electron chi connectivity index (χ4n) is 3.50. The molecule has 0 aliphatic carbocycles. The summed E-state index contributed by atoms with van der Waals surface area (Å²) in [4.78, 5) is 28.4. The van der Waals surface area contributed by atoms with Gasteiger partial charge in [0.2, 0.25) is 10.0 Å². The fraction of sp³-hybridized carbons (Fsp3) is 0.381. The molecular formula is C21H26N4O4S. The molecule has 0 saturated carbocycles. The first-order chi connectivity index (χ1) is 14.3. The molecule has 1 aliphatic rings. The lowest BCUT2D eigenvalue weighted by atomic mass is 10.2. The van der Waals surface area contributed by atoms with Crippen molar-refractivity contribution in [1.29, 1.82) is 0 Å². The van der Waals surface area contributed by atoms with E-state index >= 15 is 0 Å². The van der Waals surface area contributed by atoms with Crippen molar-refractivity contribution in [2.45, 2.75) is 44.2 Å². The van der Waals surface area contributed by atoms with Crippen molar-refractivity contribution in [3.63, 3.8) is 0 Å². The third kappa shape index (κ3) is 5.03. The van der Waals surface area contributed by atoms with Gasteiger partial charge in [0.1, 0.15) is 0 Å². The number of aryl methyl sites for hydroxylation is 2. The molecule has 1 atom stereocenters. The number of pyridine rings is 1. The molecule has 8 nitrogen and oxygen atoms in total. The first-order valence-electron chi connectivity index (χ1n) is 9.83. The molecule has 160 valence electrons. The molecule has 3 rings (SSSR count). The molecule has 2 heterocycles. The van der Waals surface area contributed by atoms with Gasteiger partial charge >= 0.3 is 11.8 Å². The second-order valence-electron chi connectivity index (χ2n) is 7.43. The minimum absolute atomic E-state index is 0.0865. The van der Waals surface area contributed by atoms with Gasteiger partial charge in [-0.25, -0.2) is 8.42 Å². The van der Waals surface area contributed by atoms with Crippen LogP contribution in [0, 0.1) is 13.8 Å². The summed E-state index contributed by atoms with van der Waals surface area (Å²) < 4.78 is 27.8. The zero-order valence-corrected chi connectivity index (χ0v) is 17.9. The van der Waals surface area contributed by atoms with Gasteiger partial charge in [-0.15, -0.1) is 0 Å². The van der Waals surface area contributed by atoms with Crippen LogP contribution in [0.5, 0.6) is 0 Å². The Morgan fingerprint density at radius 1 is 1.17 bits per heavy atom. The number of aromatic nitrogens is 1. The number of sulfonamides is 1. The van der Waals surface area contributed by atoms with E-state index in [0.29, 0.717) is 24.9 Å². The highest BCUT2D eigenvalue weighted by Gasteiger charge is 2.36. The highest BCUT2D eigenvalue weighted by Crippen LogP contribution is 2.28. The number of carbonyl (C=O) groups excluding carboxylic acids is 2. The molecule has 0 radical (unpaired) electrons. The Hall–Kier alpha value is -2.78. The largest absolute Gasteiger partial charge is 0.346 e.